The summed E-state index contributed by atoms with van der Waals surface area (Å²) in [6.07, 6.45) is 1.84. The van der Waals surface area contributed by atoms with Crippen LogP contribution in [0.1, 0.15) is 16.2 Å². The molecule has 23 heavy (non-hydrogen) atoms. The van der Waals surface area contributed by atoms with Crippen LogP contribution in [0.3, 0.4) is 0 Å². The van der Waals surface area contributed by atoms with Crippen molar-refractivity contribution < 1.29 is 14.3 Å². The van der Waals surface area contributed by atoms with E-state index in [1.807, 2.05) is 0 Å². The molecule has 0 aliphatic heterocycles. The van der Waals surface area contributed by atoms with Gasteiger partial charge in [-0.2, -0.15) is 0 Å². The van der Waals surface area contributed by atoms with Gasteiger partial charge in [0, 0.05) is 18.3 Å². The fourth-order valence-electron chi connectivity index (χ4n) is 2.14. The Hall–Kier alpha value is -2.32. The number of carbonyl (C=O) groups excluding carboxylic acids is 1. The summed E-state index contributed by atoms with van der Waals surface area (Å²) in [5.41, 5.74) is 1.73. The van der Waals surface area contributed by atoms with E-state index in [2.05, 4.69) is 36.2 Å². The van der Waals surface area contributed by atoms with Crippen molar-refractivity contribution in [2.75, 3.05) is 11.9 Å². The zero-order chi connectivity index (χ0) is 16.4. The molecule has 0 saturated carbocycles. The molecule has 118 valence electrons. The van der Waals surface area contributed by atoms with Crippen molar-refractivity contribution >= 4 is 38.7 Å². The molecular weight excluding hydrogens is 367 g/mol. The lowest BCUT2D eigenvalue weighted by Gasteiger charge is -2.06. The van der Waals surface area contributed by atoms with Crippen LogP contribution < -0.4 is 5.32 Å². The molecule has 2 aromatic heterocycles. The quantitative estimate of drug-likeness (QED) is 0.650. The molecule has 3 rings (SSSR count). The third-order valence-electron chi connectivity index (χ3n) is 3.21. The van der Waals surface area contributed by atoms with Gasteiger partial charge in [0.15, 0.2) is 5.65 Å². The van der Waals surface area contributed by atoms with Gasteiger partial charge in [-0.25, -0.2) is 14.4 Å². The normalized spacial score (nSPS) is 10.9. The minimum absolute atomic E-state index is 0.0506. The smallest absolute Gasteiger partial charge is 0.257 e. The Bertz CT molecular complexity index is 881. The van der Waals surface area contributed by atoms with Crippen molar-refractivity contribution in [3.63, 3.8) is 0 Å². The lowest BCUT2D eigenvalue weighted by molar-refractivity contribution is 0.102. The Balaban J connectivity index is 1.92. The van der Waals surface area contributed by atoms with Gasteiger partial charge in [0.2, 0.25) is 0 Å². The highest BCUT2D eigenvalue weighted by Gasteiger charge is 2.15. The number of aromatic nitrogens is 3. The molecule has 2 heterocycles. The highest BCUT2D eigenvalue weighted by Crippen LogP contribution is 2.21. The number of aromatic amines is 1. The Kier molecular flexibility index (Phi) is 4.35. The van der Waals surface area contributed by atoms with Crippen molar-refractivity contribution in [2.24, 2.45) is 0 Å². The van der Waals surface area contributed by atoms with Crippen molar-refractivity contribution in [3.05, 3.63) is 52.1 Å². The summed E-state index contributed by atoms with van der Waals surface area (Å²) in [6.45, 7) is -0.0506. The first-order valence-corrected chi connectivity index (χ1v) is 7.58. The van der Waals surface area contributed by atoms with Crippen LogP contribution in [0.4, 0.5) is 10.1 Å². The number of aliphatic hydroxyl groups is 1. The number of amides is 1. The number of nitrogens with one attached hydrogen (secondary N) is 2. The largest absolute Gasteiger partial charge is 0.396 e. The van der Waals surface area contributed by atoms with Gasteiger partial charge in [-0.1, -0.05) is 0 Å². The van der Waals surface area contributed by atoms with Crippen molar-refractivity contribution in [1.29, 1.82) is 0 Å². The lowest BCUT2D eigenvalue weighted by Crippen LogP contribution is -2.12. The topological polar surface area (TPSA) is 90.9 Å². The molecule has 6 nitrogen and oxygen atoms in total. The number of benzene rings is 1. The molecule has 0 unspecified atom stereocenters. The van der Waals surface area contributed by atoms with Crippen LogP contribution in [0.5, 0.6) is 0 Å². The second kappa shape index (κ2) is 6.43. The first-order chi connectivity index (χ1) is 11.1. The molecule has 3 aromatic rings. The fraction of sp³-hybridized carbons (Fsp3) is 0.133. The van der Waals surface area contributed by atoms with E-state index in [1.165, 1.54) is 24.4 Å². The number of pyridine rings is 1. The zero-order valence-electron chi connectivity index (χ0n) is 11.8. The van der Waals surface area contributed by atoms with E-state index in [0.29, 0.717) is 34.7 Å². The molecular formula is C15H12BrFN4O2. The number of anilines is 1. The van der Waals surface area contributed by atoms with Gasteiger partial charge in [0.1, 0.15) is 11.6 Å². The number of hydrogen-bond donors (Lipinski definition) is 3. The molecule has 1 aromatic carbocycles. The maximum absolute atomic E-state index is 13.2. The molecule has 0 saturated heterocycles. The number of aliphatic hydroxyl groups excluding tert-OH is 1. The Morgan fingerprint density at radius 3 is 2.96 bits per heavy atom. The van der Waals surface area contributed by atoms with Gasteiger partial charge in [-0.05, 0) is 40.2 Å². The van der Waals surface area contributed by atoms with Gasteiger partial charge in [0.25, 0.3) is 5.91 Å². The molecule has 0 aliphatic rings. The number of nitrogens with zero attached hydrogens (tertiary/aromatic N) is 2. The summed E-state index contributed by atoms with van der Waals surface area (Å²) >= 11 is 3.08. The van der Waals surface area contributed by atoms with Gasteiger partial charge in [-0.15, -0.1) is 0 Å². The Morgan fingerprint density at radius 2 is 2.22 bits per heavy atom. The van der Waals surface area contributed by atoms with Crippen LogP contribution in [-0.2, 0) is 6.42 Å². The molecule has 3 N–H and O–H groups in total. The summed E-state index contributed by atoms with van der Waals surface area (Å²) in [6, 6.07) is 5.78. The first-order valence-electron chi connectivity index (χ1n) is 6.79. The molecule has 0 atom stereocenters. The Labute approximate surface area is 138 Å². The monoisotopic (exact) mass is 378 g/mol. The summed E-state index contributed by atoms with van der Waals surface area (Å²) < 4.78 is 13.5. The van der Waals surface area contributed by atoms with Crippen LogP contribution in [-0.4, -0.2) is 32.6 Å². The van der Waals surface area contributed by atoms with E-state index >= 15 is 0 Å². The van der Waals surface area contributed by atoms with Crippen molar-refractivity contribution in [1.82, 2.24) is 15.0 Å². The number of halogens is 2. The SMILES string of the molecule is O=C(Nc1ccc(F)c(Br)c1)c1ccnc2nc(CCO)[nH]c12. The summed E-state index contributed by atoms with van der Waals surface area (Å²) in [5, 5.41) is 11.7. The second-order valence-corrected chi connectivity index (χ2v) is 5.65. The predicted molar refractivity (Wildman–Crippen MR) is 86.7 cm³/mol. The molecule has 0 spiro atoms. The van der Waals surface area contributed by atoms with E-state index in [1.54, 1.807) is 6.07 Å². The first kappa shape index (κ1) is 15.6. The Morgan fingerprint density at radius 1 is 1.39 bits per heavy atom. The van der Waals surface area contributed by atoms with Crippen LogP contribution in [0, 0.1) is 5.82 Å². The third kappa shape index (κ3) is 3.22. The maximum Gasteiger partial charge on any atom is 0.257 e. The van der Waals surface area contributed by atoms with Crippen LogP contribution in [0.25, 0.3) is 11.2 Å². The summed E-state index contributed by atoms with van der Waals surface area (Å²) in [7, 11) is 0. The minimum atomic E-state index is -0.406. The summed E-state index contributed by atoms with van der Waals surface area (Å²) in [4.78, 5) is 23.7. The van der Waals surface area contributed by atoms with Crippen LogP contribution in [0.2, 0.25) is 0 Å². The second-order valence-electron chi connectivity index (χ2n) is 4.80. The van der Waals surface area contributed by atoms with Crippen molar-refractivity contribution in [3.8, 4) is 0 Å². The number of fused-ring (bicyclic) bond motifs is 1. The number of rotatable bonds is 4. The third-order valence-corrected chi connectivity index (χ3v) is 3.82. The van der Waals surface area contributed by atoms with E-state index in [9.17, 15) is 9.18 Å². The molecule has 1 amide bonds. The van der Waals surface area contributed by atoms with Gasteiger partial charge >= 0.3 is 0 Å². The zero-order valence-corrected chi connectivity index (χ0v) is 13.4. The van der Waals surface area contributed by atoms with E-state index < -0.39 is 5.82 Å². The number of carbonyl (C=O) groups is 1. The van der Waals surface area contributed by atoms with E-state index in [0.717, 1.165) is 0 Å². The number of imidazole rings is 1. The summed E-state index contributed by atoms with van der Waals surface area (Å²) in [5.74, 6) is -0.216. The minimum Gasteiger partial charge on any atom is -0.396 e. The van der Waals surface area contributed by atoms with Crippen molar-refractivity contribution in [2.45, 2.75) is 6.42 Å². The molecule has 0 radical (unpaired) electrons. The molecule has 0 bridgehead atoms. The van der Waals surface area contributed by atoms with Gasteiger partial charge in [0.05, 0.1) is 22.2 Å². The average molecular weight is 379 g/mol. The van der Waals surface area contributed by atoms with Gasteiger partial charge in [-0.3, -0.25) is 4.79 Å². The molecule has 0 fully saturated rings. The van der Waals surface area contributed by atoms with Gasteiger partial charge < -0.3 is 15.4 Å². The van der Waals surface area contributed by atoms with Crippen LogP contribution in [0.15, 0.2) is 34.9 Å². The lowest BCUT2D eigenvalue weighted by atomic mass is 10.2. The standard InChI is InChI=1S/C15H12BrFN4O2/c16-10-7-8(1-2-11(10)17)19-15(23)9-3-5-18-14-13(9)20-12(21-14)4-6-22/h1-3,5,7,22H,4,6H2,(H,19,23)(H,18,20,21). The number of H-pyrrole nitrogens is 1. The number of hydrogen-bond acceptors (Lipinski definition) is 4. The molecule has 0 aliphatic carbocycles. The highest BCUT2D eigenvalue weighted by atomic mass is 79.9. The van der Waals surface area contributed by atoms with E-state index in [4.69, 9.17) is 5.11 Å². The highest BCUT2D eigenvalue weighted by molar-refractivity contribution is 9.10. The van der Waals surface area contributed by atoms with Crippen LogP contribution >= 0.6 is 15.9 Å². The predicted octanol–water partition coefficient (Wildman–Crippen LogP) is 2.65. The maximum atomic E-state index is 13.2. The fourth-order valence-corrected chi connectivity index (χ4v) is 2.52. The molecule has 8 heteroatoms. The average Bonchev–Trinajstić information content (AvgIpc) is 2.93. The van der Waals surface area contributed by atoms with E-state index in [-0.39, 0.29) is 17.0 Å².